The van der Waals surface area contributed by atoms with Crippen molar-refractivity contribution in [2.75, 3.05) is 7.11 Å². The van der Waals surface area contributed by atoms with Crippen LogP contribution in [0.5, 0.6) is 11.5 Å². The topological polar surface area (TPSA) is 139 Å². The van der Waals surface area contributed by atoms with E-state index >= 15 is 0 Å². The first-order valence-corrected chi connectivity index (χ1v) is 10.0. The predicted octanol–water partition coefficient (Wildman–Crippen LogP) is -1.18. The van der Waals surface area contributed by atoms with Crippen LogP contribution in [0, 0.1) is 6.92 Å². The van der Waals surface area contributed by atoms with Crippen molar-refractivity contribution < 1.29 is 81.9 Å². The van der Waals surface area contributed by atoms with Crippen LogP contribution in [-0.4, -0.2) is 20.1 Å². The van der Waals surface area contributed by atoms with Crippen molar-refractivity contribution in [3.8, 4) is 11.5 Å². The largest absolute Gasteiger partial charge is 1.00 e. The Hall–Kier alpha value is -1.63. The Bertz CT molecular complexity index is 1250. The van der Waals surface area contributed by atoms with Crippen LogP contribution in [0.25, 0.3) is 0 Å². The number of hydrogen-bond acceptors (Lipinski definition) is 9. The second-order valence-electron chi connectivity index (χ2n) is 6.16. The molecule has 0 unspecified atom stereocenters. The molecule has 0 aromatic heterocycles. The minimum absolute atomic E-state index is 0. The molecule has 0 bridgehead atoms. The van der Waals surface area contributed by atoms with Gasteiger partial charge >= 0.3 is 59.1 Å². The van der Waals surface area contributed by atoms with Crippen molar-refractivity contribution in [3.05, 3.63) is 66.2 Å². The quantitative estimate of drug-likeness (QED) is 0.254. The molecular weight excluding hydrogens is 454 g/mol. The Morgan fingerprint density at radius 1 is 0.812 bits per heavy atom. The number of nitrogens with zero attached hydrogens (tertiary/aromatic N) is 4. The second kappa shape index (κ2) is 12.6. The SMILES string of the molecule is COc1cc(N=Nc2cccc(S(=O)(=O)[O-])c2)ccc1N=Nc1ccc([O-])c(C)c1.[Na+].[Na+]. The molecule has 0 aliphatic rings. The van der Waals surface area contributed by atoms with Crippen LogP contribution >= 0.6 is 0 Å². The molecule has 0 aliphatic heterocycles. The van der Waals surface area contributed by atoms with Crippen molar-refractivity contribution in [3.63, 3.8) is 0 Å². The predicted molar refractivity (Wildman–Crippen MR) is 106 cm³/mol. The monoisotopic (exact) mass is 470 g/mol. The molecule has 0 atom stereocenters. The molecule has 0 aliphatic carbocycles. The minimum Gasteiger partial charge on any atom is -0.872 e. The summed E-state index contributed by atoms with van der Waals surface area (Å²) in [5, 5.41) is 27.7. The second-order valence-corrected chi connectivity index (χ2v) is 7.54. The van der Waals surface area contributed by atoms with Gasteiger partial charge in [0.05, 0.1) is 29.1 Å². The van der Waals surface area contributed by atoms with Crippen LogP contribution in [0.2, 0.25) is 0 Å². The molecule has 0 heterocycles. The summed E-state index contributed by atoms with van der Waals surface area (Å²) in [6.07, 6.45) is 0. The maximum Gasteiger partial charge on any atom is 1.00 e. The average molecular weight is 470 g/mol. The molecule has 0 radical (unpaired) electrons. The summed E-state index contributed by atoms with van der Waals surface area (Å²) in [7, 11) is -3.10. The summed E-state index contributed by atoms with van der Waals surface area (Å²) >= 11 is 0. The van der Waals surface area contributed by atoms with Crippen molar-refractivity contribution >= 4 is 32.9 Å². The van der Waals surface area contributed by atoms with Crippen LogP contribution in [0.1, 0.15) is 5.56 Å². The van der Waals surface area contributed by atoms with Gasteiger partial charge in [-0.3, -0.25) is 0 Å². The molecule has 0 saturated heterocycles. The molecule has 0 fully saturated rings. The fourth-order valence-electron chi connectivity index (χ4n) is 2.44. The van der Waals surface area contributed by atoms with E-state index in [2.05, 4.69) is 20.5 Å². The van der Waals surface area contributed by atoms with E-state index in [4.69, 9.17) is 4.74 Å². The van der Waals surface area contributed by atoms with Crippen molar-refractivity contribution in [2.24, 2.45) is 20.5 Å². The van der Waals surface area contributed by atoms with Gasteiger partial charge in [0.2, 0.25) is 0 Å². The number of azo groups is 2. The van der Waals surface area contributed by atoms with Gasteiger partial charge in [0.15, 0.2) is 0 Å². The zero-order valence-corrected chi connectivity index (χ0v) is 22.8. The number of benzene rings is 3. The summed E-state index contributed by atoms with van der Waals surface area (Å²) in [5.41, 5.74) is 2.19. The zero-order valence-electron chi connectivity index (χ0n) is 18.0. The van der Waals surface area contributed by atoms with Gasteiger partial charge in [0.25, 0.3) is 0 Å². The van der Waals surface area contributed by atoms with Gasteiger partial charge in [-0.1, -0.05) is 17.7 Å². The van der Waals surface area contributed by atoms with E-state index in [9.17, 15) is 18.1 Å². The normalized spacial score (nSPS) is 11.2. The maximum absolute atomic E-state index is 11.5. The number of ether oxygens (including phenoxy) is 1. The van der Waals surface area contributed by atoms with E-state index in [-0.39, 0.29) is 75.4 Å². The molecule has 3 aromatic carbocycles. The van der Waals surface area contributed by atoms with Crippen LogP contribution in [-0.2, 0) is 10.1 Å². The summed E-state index contributed by atoms with van der Waals surface area (Å²) < 4.78 is 38.6. The Morgan fingerprint density at radius 3 is 2.03 bits per heavy atom. The van der Waals surface area contributed by atoms with Crippen molar-refractivity contribution in [2.45, 2.75) is 11.8 Å². The van der Waals surface area contributed by atoms with E-state index in [1.165, 1.54) is 31.4 Å². The zero-order chi connectivity index (χ0) is 21.7. The Balaban J connectivity index is 0.00000256. The van der Waals surface area contributed by atoms with Crippen LogP contribution in [0.3, 0.4) is 0 Å². The van der Waals surface area contributed by atoms with Gasteiger partial charge in [-0.05, 0) is 49.4 Å². The third-order valence-electron chi connectivity index (χ3n) is 3.98. The van der Waals surface area contributed by atoms with Gasteiger partial charge in [-0.2, -0.15) is 15.3 Å². The van der Waals surface area contributed by atoms with Crippen molar-refractivity contribution in [1.29, 1.82) is 0 Å². The van der Waals surface area contributed by atoms with Gasteiger partial charge in [-0.25, -0.2) is 8.42 Å². The number of hydrogen-bond donors (Lipinski definition) is 0. The average Bonchev–Trinajstić information content (AvgIpc) is 2.73. The summed E-state index contributed by atoms with van der Waals surface area (Å²) in [6.45, 7) is 1.70. The Kier molecular flexibility index (Phi) is 11.2. The standard InChI is InChI=1S/C20H18N4O5S.2Na/c1-13-10-15(7-9-19(13)25)23-24-18-8-6-16(12-20(18)29-2)22-21-14-4-3-5-17(11-14)30(26,27)28;;/h3-12,25H,1-2H3,(H,26,27,28);;/q;2*+1/p-2. The smallest absolute Gasteiger partial charge is 0.872 e. The molecule has 3 aromatic rings. The molecule has 0 saturated carbocycles. The fourth-order valence-corrected chi connectivity index (χ4v) is 2.95. The molecule has 12 heteroatoms. The minimum atomic E-state index is -4.57. The molecule has 0 spiro atoms. The molecule has 32 heavy (non-hydrogen) atoms. The van der Waals surface area contributed by atoms with E-state index in [1.54, 1.807) is 37.3 Å². The first-order chi connectivity index (χ1) is 14.3. The van der Waals surface area contributed by atoms with Gasteiger partial charge < -0.3 is 14.4 Å². The van der Waals surface area contributed by atoms with Crippen LogP contribution in [0.4, 0.5) is 22.7 Å². The number of rotatable bonds is 6. The van der Waals surface area contributed by atoms with Crippen molar-refractivity contribution in [1.82, 2.24) is 0 Å². The van der Waals surface area contributed by atoms with Crippen LogP contribution < -0.4 is 69.0 Å². The molecule has 154 valence electrons. The molecule has 0 N–H and O–H groups in total. The Labute approximate surface area is 230 Å². The first-order valence-electron chi connectivity index (χ1n) is 8.61. The summed E-state index contributed by atoms with van der Waals surface area (Å²) in [4.78, 5) is -0.382. The van der Waals surface area contributed by atoms with Gasteiger partial charge in [0, 0.05) is 6.07 Å². The Morgan fingerprint density at radius 2 is 1.41 bits per heavy atom. The van der Waals surface area contributed by atoms with Gasteiger partial charge in [0.1, 0.15) is 21.6 Å². The first kappa shape index (κ1) is 28.4. The third-order valence-corrected chi connectivity index (χ3v) is 4.81. The van der Waals surface area contributed by atoms with Gasteiger partial charge in [-0.15, -0.1) is 10.9 Å². The molecule has 3 rings (SSSR count). The summed E-state index contributed by atoms with van der Waals surface area (Å²) in [6, 6.07) is 14.7. The van der Waals surface area contributed by atoms with E-state index in [0.717, 1.165) is 6.07 Å². The third kappa shape index (κ3) is 7.75. The van der Waals surface area contributed by atoms with Crippen LogP contribution in [0.15, 0.2) is 86.0 Å². The molecule has 9 nitrogen and oxygen atoms in total. The fraction of sp³-hybridized carbons (Fsp3) is 0.100. The summed E-state index contributed by atoms with van der Waals surface area (Å²) in [5.74, 6) is 0.322. The number of aryl methyl sites for hydroxylation is 1. The molecular formula is C20H16N4Na2O5S. The van der Waals surface area contributed by atoms with E-state index < -0.39 is 10.1 Å². The maximum atomic E-state index is 11.5. The van der Waals surface area contributed by atoms with E-state index in [1.807, 2.05) is 0 Å². The number of methoxy groups -OCH3 is 1. The molecule has 0 amide bonds. The van der Waals surface area contributed by atoms with E-state index in [0.29, 0.717) is 28.4 Å².